The molecule has 0 spiro atoms. The number of nitrogens with two attached hydrogens (primary N) is 1. The van der Waals surface area contributed by atoms with Crippen LogP contribution < -0.4 is 11.1 Å². The van der Waals surface area contributed by atoms with E-state index in [0.717, 1.165) is 49.0 Å². The van der Waals surface area contributed by atoms with Gasteiger partial charge in [-0.1, -0.05) is 44.0 Å². The Morgan fingerprint density at radius 2 is 1.70 bits per heavy atom. The summed E-state index contributed by atoms with van der Waals surface area (Å²) >= 11 is 0. The molecule has 0 atom stereocenters. The number of aromatic nitrogens is 1. The molecule has 2 heterocycles. The van der Waals surface area contributed by atoms with E-state index in [2.05, 4.69) is 77.1 Å². The van der Waals surface area contributed by atoms with Crippen molar-refractivity contribution < 1.29 is 0 Å². The highest BCUT2D eigenvalue weighted by molar-refractivity contribution is 5.63. The average molecular weight is 442 g/mol. The first-order valence-electron chi connectivity index (χ1n) is 11.3. The SMILES string of the molecule is C=C/C(=C\C=C(/N)NC(=C)Cc1ccc(-c2ccnc(C)c2)cc1)N1CCN(C(=C)C)CC1. The second-order valence-electron chi connectivity index (χ2n) is 8.42. The van der Waals surface area contributed by atoms with Crippen LogP contribution in [0.15, 0.2) is 103 Å². The summed E-state index contributed by atoms with van der Waals surface area (Å²) in [6.07, 6.45) is 8.30. The summed E-state index contributed by atoms with van der Waals surface area (Å²) in [6.45, 7) is 20.0. The Morgan fingerprint density at radius 3 is 2.30 bits per heavy atom. The molecule has 1 saturated heterocycles. The maximum Gasteiger partial charge on any atom is 0.100 e. The van der Waals surface area contributed by atoms with Crippen molar-refractivity contribution in [3.63, 3.8) is 0 Å². The molecule has 1 aliphatic rings. The normalized spacial score (nSPS) is 14.7. The molecule has 0 aliphatic carbocycles. The van der Waals surface area contributed by atoms with Crippen LogP contribution in [0.2, 0.25) is 0 Å². The molecule has 3 N–H and O–H groups in total. The fraction of sp³-hybridized carbons (Fsp3) is 0.250. The molecule has 1 aromatic heterocycles. The van der Waals surface area contributed by atoms with Gasteiger partial charge in [-0.05, 0) is 60.9 Å². The monoisotopic (exact) mass is 441 g/mol. The lowest BCUT2D eigenvalue weighted by Gasteiger charge is -2.37. The van der Waals surface area contributed by atoms with E-state index in [9.17, 15) is 0 Å². The van der Waals surface area contributed by atoms with Crippen LogP contribution in [0.4, 0.5) is 0 Å². The largest absolute Gasteiger partial charge is 0.385 e. The first kappa shape index (κ1) is 23.9. The number of piperazine rings is 1. The van der Waals surface area contributed by atoms with Gasteiger partial charge in [-0.25, -0.2) is 0 Å². The molecule has 2 aromatic rings. The lowest BCUT2D eigenvalue weighted by Crippen LogP contribution is -2.44. The van der Waals surface area contributed by atoms with Crippen LogP contribution in [-0.4, -0.2) is 41.0 Å². The highest BCUT2D eigenvalue weighted by Gasteiger charge is 2.16. The van der Waals surface area contributed by atoms with Crippen molar-refractivity contribution in [3.8, 4) is 11.1 Å². The first-order chi connectivity index (χ1) is 15.9. The van der Waals surface area contributed by atoms with E-state index in [4.69, 9.17) is 5.73 Å². The highest BCUT2D eigenvalue weighted by atomic mass is 15.3. The Bertz CT molecular complexity index is 1050. The molecular weight excluding hydrogens is 406 g/mol. The van der Waals surface area contributed by atoms with Gasteiger partial charge in [0.2, 0.25) is 0 Å². The molecule has 0 radical (unpaired) electrons. The second-order valence-corrected chi connectivity index (χ2v) is 8.42. The van der Waals surface area contributed by atoms with E-state index in [-0.39, 0.29) is 0 Å². The third-order valence-corrected chi connectivity index (χ3v) is 5.75. The van der Waals surface area contributed by atoms with Crippen molar-refractivity contribution in [2.45, 2.75) is 20.3 Å². The Morgan fingerprint density at radius 1 is 1.03 bits per heavy atom. The van der Waals surface area contributed by atoms with Gasteiger partial charge < -0.3 is 20.9 Å². The number of benzene rings is 1. The minimum atomic E-state index is 0.559. The molecule has 0 bridgehead atoms. The maximum atomic E-state index is 6.20. The second kappa shape index (κ2) is 11.2. The Balaban J connectivity index is 1.55. The van der Waals surface area contributed by atoms with Gasteiger partial charge in [0.25, 0.3) is 0 Å². The Labute approximate surface area is 198 Å². The summed E-state index contributed by atoms with van der Waals surface area (Å²) in [7, 11) is 0. The van der Waals surface area contributed by atoms with Crippen LogP contribution in [-0.2, 0) is 6.42 Å². The predicted octanol–water partition coefficient (Wildman–Crippen LogP) is 4.72. The number of hydrogen-bond acceptors (Lipinski definition) is 5. The number of hydrogen-bond donors (Lipinski definition) is 2. The summed E-state index contributed by atoms with van der Waals surface area (Å²) in [5, 5.41) is 3.21. The fourth-order valence-electron chi connectivity index (χ4n) is 3.90. The van der Waals surface area contributed by atoms with Crippen molar-refractivity contribution in [2.24, 2.45) is 5.73 Å². The predicted molar refractivity (Wildman–Crippen MR) is 139 cm³/mol. The van der Waals surface area contributed by atoms with Gasteiger partial charge in [0, 0.05) is 61.6 Å². The van der Waals surface area contributed by atoms with E-state index in [1.54, 1.807) is 0 Å². The molecule has 5 nitrogen and oxygen atoms in total. The van der Waals surface area contributed by atoms with Crippen LogP contribution in [0, 0.1) is 6.92 Å². The number of pyridine rings is 1. The van der Waals surface area contributed by atoms with Gasteiger partial charge in [-0.2, -0.15) is 0 Å². The summed E-state index contributed by atoms with van der Waals surface area (Å²) in [5.74, 6) is 0.559. The molecule has 0 unspecified atom stereocenters. The number of nitrogens with zero attached hydrogens (tertiary/aromatic N) is 3. The minimum absolute atomic E-state index is 0.559. The molecule has 5 heteroatoms. The molecule has 1 fully saturated rings. The van der Waals surface area contributed by atoms with E-state index < -0.39 is 0 Å². The van der Waals surface area contributed by atoms with Crippen LogP contribution >= 0.6 is 0 Å². The van der Waals surface area contributed by atoms with Crippen LogP contribution in [0.3, 0.4) is 0 Å². The van der Waals surface area contributed by atoms with Crippen molar-refractivity contribution in [2.75, 3.05) is 26.2 Å². The third-order valence-electron chi connectivity index (χ3n) is 5.75. The smallest absolute Gasteiger partial charge is 0.100 e. The standard InChI is InChI=1S/C28H35N5/c1-6-27(33-17-15-32(16-18-33)21(2)3)11-12-28(29)31-23(5)19-24-7-9-25(10-8-24)26-13-14-30-22(4)20-26/h6-14,20,31H,1-2,5,15-19,29H2,3-4H3/b27-11+,28-12+. The topological polar surface area (TPSA) is 57.4 Å². The van der Waals surface area contributed by atoms with E-state index in [1.807, 2.05) is 37.4 Å². The average Bonchev–Trinajstić information content (AvgIpc) is 2.80. The van der Waals surface area contributed by atoms with Crippen molar-refractivity contribution in [3.05, 3.63) is 115 Å². The molecule has 1 aliphatic heterocycles. The van der Waals surface area contributed by atoms with Gasteiger partial charge in [-0.3, -0.25) is 4.98 Å². The van der Waals surface area contributed by atoms with Crippen molar-refractivity contribution in [1.82, 2.24) is 20.1 Å². The van der Waals surface area contributed by atoms with Crippen molar-refractivity contribution in [1.29, 1.82) is 0 Å². The lowest BCUT2D eigenvalue weighted by atomic mass is 10.0. The first-order valence-corrected chi connectivity index (χ1v) is 11.3. The van der Waals surface area contributed by atoms with Gasteiger partial charge in [0.15, 0.2) is 0 Å². The van der Waals surface area contributed by atoms with Gasteiger partial charge in [-0.15, -0.1) is 0 Å². The number of nitrogens with one attached hydrogen (secondary N) is 1. The van der Waals surface area contributed by atoms with Crippen LogP contribution in [0.5, 0.6) is 0 Å². The summed E-state index contributed by atoms with van der Waals surface area (Å²) in [4.78, 5) is 8.88. The molecule has 172 valence electrons. The molecule has 1 aromatic carbocycles. The van der Waals surface area contributed by atoms with E-state index in [0.29, 0.717) is 12.2 Å². The summed E-state index contributed by atoms with van der Waals surface area (Å²) in [6, 6.07) is 12.6. The molecule has 33 heavy (non-hydrogen) atoms. The summed E-state index contributed by atoms with van der Waals surface area (Å²) < 4.78 is 0. The Kier molecular flexibility index (Phi) is 8.14. The van der Waals surface area contributed by atoms with Gasteiger partial charge in [0.05, 0.1) is 0 Å². The molecule has 0 saturated carbocycles. The van der Waals surface area contributed by atoms with E-state index in [1.165, 1.54) is 16.7 Å². The van der Waals surface area contributed by atoms with E-state index >= 15 is 0 Å². The Hall–Kier alpha value is -3.73. The fourth-order valence-corrected chi connectivity index (χ4v) is 3.90. The van der Waals surface area contributed by atoms with Crippen molar-refractivity contribution >= 4 is 0 Å². The maximum absolute atomic E-state index is 6.20. The summed E-state index contributed by atoms with van der Waals surface area (Å²) in [5.41, 5.74) is 13.8. The van der Waals surface area contributed by atoms with Gasteiger partial charge >= 0.3 is 0 Å². The highest BCUT2D eigenvalue weighted by Crippen LogP contribution is 2.20. The van der Waals surface area contributed by atoms with Crippen LogP contribution in [0.25, 0.3) is 11.1 Å². The quantitative estimate of drug-likeness (QED) is 0.551. The number of rotatable bonds is 9. The lowest BCUT2D eigenvalue weighted by molar-refractivity contribution is 0.197. The molecule has 0 amide bonds. The number of aryl methyl sites for hydroxylation is 1. The third kappa shape index (κ3) is 6.88. The number of allylic oxidation sites excluding steroid dienone is 5. The minimum Gasteiger partial charge on any atom is -0.385 e. The zero-order chi connectivity index (χ0) is 23.8. The van der Waals surface area contributed by atoms with Crippen LogP contribution in [0.1, 0.15) is 18.2 Å². The molecular formula is C28H35N5. The van der Waals surface area contributed by atoms with Gasteiger partial charge in [0.1, 0.15) is 5.82 Å². The zero-order valence-electron chi connectivity index (χ0n) is 19.8. The zero-order valence-corrected chi connectivity index (χ0v) is 19.8. The molecule has 3 rings (SSSR count).